The molecular formula is C27H24N2O6. The van der Waals surface area contributed by atoms with Gasteiger partial charge in [0.1, 0.15) is 11.8 Å². The molecule has 0 bridgehead atoms. The average Bonchev–Trinajstić information content (AvgIpc) is 3.13. The highest BCUT2D eigenvalue weighted by molar-refractivity contribution is 6.22. The van der Waals surface area contributed by atoms with Crippen LogP contribution in [0.1, 0.15) is 33.2 Å². The molecule has 0 saturated carbocycles. The van der Waals surface area contributed by atoms with Crippen molar-refractivity contribution < 1.29 is 28.7 Å². The predicted molar refractivity (Wildman–Crippen MR) is 128 cm³/mol. The number of hydrogen-bond donors (Lipinski definition) is 1. The Morgan fingerprint density at radius 1 is 0.857 bits per heavy atom. The molecule has 3 aromatic rings. The molecule has 0 radical (unpaired) electrons. The lowest BCUT2D eigenvalue weighted by Gasteiger charge is -2.24. The summed E-state index contributed by atoms with van der Waals surface area (Å²) in [4.78, 5) is 52.6. The topological polar surface area (TPSA) is 102 Å². The van der Waals surface area contributed by atoms with Crippen LogP contribution in [0.2, 0.25) is 0 Å². The third-order valence-electron chi connectivity index (χ3n) is 5.49. The van der Waals surface area contributed by atoms with Gasteiger partial charge < -0.3 is 14.8 Å². The van der Waals surface area contributed by atoms with Crippen LogP contribution in [-0.2, 0) is 20.7 Å². The quantitative estimate of drug-likeness (QED) is 0.378. The Morgan fingerprint density at radius 2 is 1.46 bits per heavy atom. The number of imide groups is 1. The van der Waals surface area contributed by atoms with Crippen molar-refractivity contribution in [3.8, 4) is 5.75 Å². The van der Waals surface area contributed by atoms with Gasteiger partial charge in [-0.3, -0.25) is 19.3 Å². The number of nitrogens with zero attached hydrogens (tertiary/aromatic N) is 1. The smallest absolute Gasteiger partial charge is 0.330 e. The van der Waals surface area contributed by atoms with Gasteiger partial charge in [0, 0.05) is 6.42 Å². The largest absolute Gasteiger partial charge is 0.492 e. The van der Waals surface area contributed by atoms with Crippen LogP contribution in [0, 0.1) is 0 Å². The van der Waals surface area contributed by atoms with Crippen molar-refractivity contribution in [2.45, 2.75) is 19.4 Å². The minimum Gasteiger partial charge on any atom is -0.492 e. The maximum atomic E-state index is 13.1. The molecule has 1 heterocycles. The third-order valence-corrected chi connectivity index (χ3v) is 5.49. The van der Waals surface area contributed by atoms with E-state index in [1.54, 1.807) is 72.8 Å². The highest BCUT2D eigenvalue weighted by atomic mass is 16.5. The number of amides is 3. The summed E-state index contributed by atoms with van der Waals surface area (Å²) >= 11 is 0. The van der Waals surface area contributed by atoms with Gasteiger partial charge in [-0.15, -0.1) is 0 Å². The molecular weight excluding hydrogens is 448 g/mol. The van der Waals surface area contributed by atoms with Crippen LogP contribution in [-0.4, -0.2) is 47.8 Å². The number of carbonyl (C=O) groups is 4. The summed E-state index contributed by atoms with van der Waals surface area (Å²) < 4.78 is 10.8. The molecule has 3 aromatic carbocycles. The lowest BCUT2D eigenvalue weighted by molar-refractivity contribution is -0.151. The van der Waals surface area contributed by atoms with E-state index < -0.39 is 36.3 Å². The van der Waals surface area contributed by atoms with E-state index in [9.17, 15) is 19.2 Å². The van der Waals surface area contributed by atoms with Gasteiger partial charge in [0.05, 0.1) is 23.4 Å². The van der Waals surface area contributed by atoms with E-state index in [1.807, 2.05) is 13.0 Å². The fraction of sp³-hybridized carbons (Fsp3) is 0.185. The van der Waals surface area contributed by atoms with Crippen LogP contribution in [0.5, 0.6) is 5.75 Å². The Bertz CT molecular complexity index is 1220. The fourth-order valence-corrected chi connectivity index (χ4v) is 3.88. The van der Waals surface area contributed by atoms with Gasteiger partial charge in [-0.25, -0.2) is 4.79 Å². The molecule has 1 N–H and O–H groups in total. The third kappa shape index (κ3) is 5.22. The van der Waals surface area contributed by atoms with Crippen molar-refractivity contribution in [2.75, 3.05) is 18.5 Å². The van der Waals surface area contributed by atoms with Crippen molar-refractivity contribution in [1.29, 1.82) is 0 Å². The number of rotatable bonds is 9. The Kier molecular flexibility index (Phi) is 7.21. The lowest BCUT2D eigenvalue weighted by Crippen LogP contribution is -2.47. The maximum absolute atomic E-state index is 13.1. The first-order chi connectivity index (χ1) is 17.0. The van der Waals surface area contributed by atoms with Gasteiger partial charge in [-0.1, -0.05) is 54.6 Å². The molecule has 0 unspecified atom stereocenters. The van der Waals surface area contributed by atoms with Gasteiger partial charge in [-0.05, 0) is 36.8 Å². The summed E-state index contributed by atoms with van der Waals surface area (Å²) in [7, 11) is 0. The normalized spacial score (nSPS) is 13.2. The molecule has 3 amide bonds. The van der Waals surface area contributed by atoms with Crippen LogP contribution < -0.4 is 10.1 Å². The minimum atomic E-state index is -1.23. The lowest BCUT2D eigenvalue weighted by atomic mass is 10.0. The molecule has 1 atom stereocenters. The highest BCUT2D eigenvalue weighted by Gasteiger charge is 2.43. The van der Waals surface area contributed by atoms with Crippen LogP contribution in [0.15, 0.2) is 78.9 Å². The highest BCUT2D eigenvalue weighted by Crippen LogP contribution is 2.27. The molecule has 1 aliphatic rings. The number of anilines is 1. The zero-order valence-electron chi connectivity index (χ0n) is 19.1. The first-order valence-electron chi connectivity index (χ1n) is 11.2. The van der Waals surface area contributed by atoms with Gasteiger partial charge in [0.2, 0.25) is 0 Å². The molecule has 8 nitrogen and oxygen atoms in total. The number of fused-ring (bicyclic) bond motifs is 1. The summed E-state index contributed by atoms with van der Waals surface area (Å²) in [6.07, 6.45) is 0.0555. The molecule has 0 saturated heterocycles. The van der Waals surface area contributed by atoms with Crippen molar-refractivity contribution in [1.82, 2.24) is 4.90 Å². The molecule has 1 aliphatic heterocycles. The standard InChI is InChI=1S/C27H24N2O6/c1-2-34-23-15-9-8-14-21(23)28-24(30)17-35-27(33)22(16-18-10-4-3-5-11-18)29-25(31)19-12-6-7-13-20(19)26(29)32/h3-15,22H,2,16-17H2,1H3,(H,28,30)/t22-/m0/s1. The first kappa shape index (κ1) is 23.7. The van der Waals surface area contributed by atoms with E-state index in [0.717, 1.165) is 10.5 Å². The van der Waals surface area contributed by atoms with Crippen molar-refractivity contribution in [3.05, 3.63) is 95.6 Å². The summed E-state index contributed by atoms with van der Waals surface area (Å²) in [6, 6.07) is 21.1. The number of para-hydroxylation sites is 2. The van der Waals surface area contributed by atoms with Crippen LogP contribution >= 0.6 is 0 Å². The van der Waals surface area contributed by atoms with Crippen molar-refractivity contribution >= 4 is 29.4 Å². The Morgan fingerprint density at radius 3 is 2.11 bits per heavy atom. The Balaban J connectivity index is 1.50. The second kappa shape index (κ2) is 10.6. The molecule has 0 aliphatic carbocycles. The van der Waals surface area contributed by atoms with Gasteiger partial charge >= 0.3 is 5.97 Å². The van der Waals surface area contributed by atoms with Gasteiger partial charge in [-0.2, -0.15) is 0 Å². The number of benzene rings is 3. The summed E-state index contributed by atoms with van der Waals surface area (Å²) in [5.74, 6) is -2.08. The van der Waals surface area contributed by atoms with Crippen LogP contribution in [0.25, 0.3) is 0 Å². The number of nitrogens with one attached hydrogen (secondary N) is 1. The minimum absolute atomic E-state index is 0.0555. The SMILES string of the molecule is CCOc1ccccc1NC(=O)COC(=O)[C@H](Cc1ccccc1)N1C(=O)c2ccccc2C1=O. The Hall–Kier alpha value is -4.46. The number of ether oxygens (including phenoxy) is 2. The number of esters is 1. The molecule has 0 aromatic heterocycles. The van der Waals surface area contributed by atoms with E-state index in [-0.39, 0.29) is 17.5 Å². The molecule has 8 heteroatoms. The van der Waals surface area contributed by atoms with Crippen molar-refractivity contribution in [3.63, 3.8) is 0 Å². The van der Waals surface area contributed by atoms with E-state index in [2.05, 4.69) is 5.32 Å². The molecule has 178 valence electrons. The average molecular weight is 472 g/mol. The van der Waals surface area contributed by atoms with Gasteiger partial charge in [0.15, 0.2) is 6.61 Å². The fourth-order valence-electron chi connectivity index (χ4n) is 3.88. The second-order valence-corrected chi connectivity index (χ2v) is 7.82. The molecule has 4 rings (SSSR count). The first-order valence-corrected chi connectivity index (χ1v) is 11.2. The van der Waals surface area contributed by atoms with Crippen LogP contribution in [0.4, 0.5) is 5.69 Å². The summed E-state index contributed by atoms with van der Waals surface area (Å²) in [5.41, 5.74) is 1.64. The number of hydrogen-bond acceptors (Lipinski definition) is 6. The van der Waals surface area contributed by atoms with Gasteiger partial charge in [0.25, 0.3) is 17.7 Å². The predicted octanol–water partition coefficient (Wildman–Crippen LogP) is 3.47. The van der Waals surface area contributed by atoms with E-state index in [0.29, 0.717) is 18.0 Å². The monoisotopic (exact) mass is 472 g/mol. The van der Waals surface area contributed by atoms with Crippen molar-refractivity contribution in [2.24, 2.45) is 0 Å². The van der Waals surface area contributed by atoms with Crippen LogP contribution in [0.3, 0.4) is 0 Å². The summed E-state index contributed by atoms with van der Waals surface area (Å²) in [5, 5.41) is 2.65. The number of carbonyl (C=O) groups excluding carboxylic acids is 4. The zero-order chi connectivity index (χ0) is 24.8. The summed E-state index contributed by atoms with van der Waals surface area (Å²) in [6.45, 7) is 1.66. The zero-order valence-corrected chi connectivity index (χ0v) is 19.1. The Labute approximate surface area is 202 Å². The van der Waals surface area contributed by atoms with E-state index in [4.69, 9.17) is 9.47 Å². The van der Waals surface area contributed by atoms with E-state index >= 15 is 0 Å². The molecule has 35 heavy (non-hydrogen) atoms. The molecule has 0 fully saturated rings. The second-order valence-electron chi connectivity index (χ2n) is 7.82. The maximum Gasteiger partial charge on any atom is 0.330 e. The van der Waals surface area contributed by atoms with E-state index in [1.165, 1.54) is 0 Å². The molecule has 0 spiro atoms.